The molecule has 5 rings (SSSR count). The number of aromatic nitrogens is 3. The van der Waals surface area contributed by atoms with E-state index in [0.29, 0.717) is 54.4 Å². The van der Waals surface area contributed by atoms with Crippen LogP contribution in [0.3, 0.4) is 0 Å². The zero-order chi connectivity index (χ0) is 22.1. The molecule has 160 valence electrons. The van der Waals surface area contributed by atoms with Crippen molar-refractivity contribution in [3.05, 3.63) is 71.9 Å². The molecule has 0 atom stereocenters. The largest absolute Gasteiger partial charge is 0.378 e. The number of morpholine rings is 1. The van der Waals surface area contributed by atoms with E-state index in [2.05, 4.69) is 9.97 Å². The van der Waals surface area contributed by atoms with Gasteiger partial charge in [0.25, 0.3) is 5.91 Å². The lowest BCUT2D eigenvalue weighted by atomic mass is 10.0. The van der Waals surface area contributed by atoms with Gasteiger partial charge in [-0.25, -0.2) is 9.97 Å². The van der Waals surface area contributed by atoms with Gasteiger partial charge in [0, 0.05) is 41.5 Å². The molecule has 4 aromatic rings. The summed E-state index contributed by atoms with van der Waals surface area (Å²) in [6.45, 7) is 2.30. The van der Waals surface area contributed by atoms with Gasteiger partial charge in [-0.1, -0.05) is 24.3 Å². The van der Waals surface area contributed by atoms with E-state index >= 15 is 0 Å². The Morgan fingerprint density at radius 3 is 2.50 bits per heavy atom. The minimum Gasteiger partial charge on any atom is -0.378 e. The molecule has 2 amide bonds. The van der Waals surface area contributed by atoms with Crippen molar-refractivity contribution in [2.75, 3.05) is 26.3 Å². The molecule has 0 radical (unpaired) electrons. The summed E-state index contributed by atoms with van der Waals surface area (Å²) in [5.74, 6) is 0.148. The number of ether oxygens (including phenoxy) is 1. The normalized spacial score (nSPS) is 13.9. The second-order valence-electron chi connectivity index (χ2n) is 7.57. The number of fused-ring (bicyclic) bond motifs is 1. The number of nitrogens with zero attached hydrogens (tertiary/aromatic N) is 3. The Bertz CT molecular complexity index is 1310. The predicted octanol–water partition coefficient (Wildman–Crippen LogP) is 2.86. The fourth-order valence-corrected chi connectivity index (χ4v) is 3.84. The Balaban J connectivity index is 1.50. The summed E-state index contributed by atoms with van der Waals surface area (Å²) < 4.78 is 5.34. The lowest BCUT2D eigenvalue weighted by Gasteiger charge is -2.26. The van der Waals surface area contributed by atoms with Gasteiger partial charge in [0.05, 0.1) is 13.2 Å². The van der Waals surface area contributed by atoms with Gasteiger partial charge in [0.15, 0.2) is 5.65 Å². The summed E-state index contributed by atoms with van der Waals surface area (Å²) in [6.07, 6.45) is 1.71. The average molecular weight is 427 g/mol. The van der Waals surface area contributed by atoms with Crippen molar-refractivity contribution in [3.63, 3.8) is 0 Å². The molecule has 3 N–H and O–H groups in total. The van der Waals surface area contributed by atoms with Gasteiger partial charge in [-0.15, -0.1) is 0 Å². The van der Waals surface area contributed by atoms with Crippen LogP contribution in [0, 0.1) is 0 Å². The second-order valence-corrected chi connectivity index (χ2v) is 7.57. The number of carbonyl (C=O) groups excluding carboxylic acids is 2. The number of imidazole rings is 1. The molecule has 1 aliphatic rings. The minimum absolute atomic E-state index is 0.0142. The van der Waals surface area contributed by atoms with Crippen LogP contribution in [0.5, 0.6) is 0 Å². The third-order valence-electron chi connectivity index (χ3n) is 5.55. The molecule has 0 unspecified atom stereocenters. The van der Waals surface area contributed by atoms with Crippen LogP contribution in [0.25, 0.3) is 33.7 Å². The molecule has 0 aliphatic carbocycles. The van der Waals surface area contributed by atoms with E-state index in [0.717, 1.165) is 16.7 Å². The number of nitrogens with one attached hydrogen (secondary N) is 1. The number of hydrogen-bond acceptors (Lipinski definition) is 5. The quantitative estimate of drug-likeness (QED) is 0.520. The van der Waals surface area contributed by atoms with E-state index in [1.165, 1.54) is 0 Å². The molecule has 3 heterocycles. The lowest BCUT2D eigenvalue weighted by molar-refractivity contribution is 0.0303. The van der Waals surface area contributed by atoms with Gasteiger partial charge >= 0.3 is 0 Å². The molecule has 32 heavy (non-hydrogen) atoms. The highest BCUT2D eigenvalue weighted by atomic mass is 16.5. The molecule has 8 nitrogen and oxygen atoms in total. The van der Waals surface area contributed by atoms with Crippen molar-refractivity contribution in [3.8, 4) is 22.5 Å². The van der Waals surface area contributed by atoms with Gasteiger partial charge in [-0.05, 0) is 35.9 Å². The first-order chi connectivity index (χ1) is 15.6. The average Bonchev–Trinajstić information content (AvgIpc) is 3.29. The Kier molecular flexibility index (Phi) is 5.12. The Morgan fingerprint density at radius 2 is 1.75 bits per heavy atom. The van der Waals surface area contributed by atoms with Crippen LogP contribution >= 0.6 is 0 Å². The number of primary amides is 1. The van der Waals surface area contributed by atoms with Crippen LogP contribution in [0.4, 0.5) is 0 Å². The topological polar surface area (TPSA) is 114 Å². The minimum atomic E-state index is -0.468. The van der Waals surface area contributed by atoms with E-state index in [1.807, 2.05) is 42.5 Å². The highest BCUT2D eigenvalue weighted by molar-refractivity contribution is 5.97. The van der Waals surface area contributed by atoms with E-state index in [9.17, 15) is 9.59 Å². The lowest BCUT2D eigenvalue weighted by Crippen LogP contribution is -2.40. The first-order valence-electron chi connectivity index (χ1n) is 10.3. The Labute approximate surface area is 184 Å². The summed E-state index contributed by atoms with van der Waals surface area (Å²) in [7, 11) is 0. The fourth-order valence-electron chi connectivity index (χ4n) is 3.84. The van der Waals surface area contributed by atoms with Crippen LogP contribution in [0.2, 0.25) is 0 Å². The summed E-state index contributed by atoms with van der Waals surface area (Å²) in [5.41, 5.74) is 10.3. The second kappa shape index (κ2) is 8.24. The van der Waals surface area contributed by atoms with E-state index in [-0.39, 0.29) is 5.91 Å². The highest BCUT2D eigenvalue weighted by Crippen LogP contribution is 2.29. The molecular formula is C24H21N5O3. The van der Waals surface area contributed by atoms with E-state index < -0.39 is 5.91 Å². The standard InChI is InChI=1S/C24H21N5O3/c25-21(30)16-6-4-15(5-7-16)19-8-9-26-23-20(19)27-22(28-23)17-2-1-3-18(14-17)24(31)29-10-12-32-13-11-29/h1-9,14H,10-13H2,(H2,25,30)(H,26,27,28). The smallest absolute Gasteiger partial charge is 0.254 e. The number of benzene rings is 2. The summed E-state index contributed by atoms with van der Waals surface area (Å²) in [5, 5.41) is 0. The van der Waals surface area contributed by atoms with Gasteiger partial charge in [0.1, 0.15) is 11.3 Å². The highest BCUT2D eigenvalue weighted by Gasteiger charge is 2.19. The van der Waals surface area contributed by atoms with Crippen molar-refractivity contribution in [2.45, 2.75) is 0 Å². The monoisotopic (exact) mass is 427 g/mol. The number of rotatable bonds is 4. The van der Waals surface area contributed by atoms with Crippen molar-refractivity contribution in [1.82, 2.24) is 19.9 Å². The fraction of sp³-hybridized carbons (Fsp3) is 0.167. The number of H-pyrrole nitrogens is 1. The van der Waals surface area contributed by atoms with Crippen LogP contribution in [0.15, 0.2) is 60.8 Å². The van der Waals surface area contributed by atoms with Crippen molar-refractivity contribution in [2.24, 2.45) is 5.73 Å². The zero-order valence-corrected chi connectivity index (χ0v) is 17.2. The molecule has 1 aliphatic heterocycles. The van der Waals surface area contributed by atoms with Crippen LogP contribution < -0.4 is 5.73 Å². The predicted molar refractivity (Wildman–Crippen MR) is 120 cm³/mol. The van der Waals surface area contributed by atoms with Crippen LogP contribution in [-0.2, 0) is 4.74 Å². The molecule has 1 saturated heterocycles. The van der Waals surface area contributed by atoms with Crippen LogP contribution in [-0.4, -0.2) is 58.0 Å². The third kappa shape index (κ3) is 3.72. The first-order valence-corrected chi connectivity index (χ1v) is 10.3. The number of aromatic amines is 1. The molecule has 1 fully saturated rings. The molecular weight excluding hydrogens is 406 g/mol. The number of nitrogens with two attached hydrogens (primary N) is 1. The Hall–Kier alpha value is -4.04. The van der Waals surface area contributed by atoms with Crippen LogP contribution in [0.1, 0.15) is 20.7 Å². The summed E-state index contributed by atoms with van der Waals surface area (Å²) in [6, 6.07) is 16.4. The summed E-state index contributed by atoms with van der Waals surface area (Å²) >= 11 is 0. The van der Waals surface area contributed by atoms with E-state index in [1.54, 1.807) is 23.2 Å². The SMILES string of the molecule is NC(=O)c1ccc(-c2ccnc3[nH]c(-c4cccc(C(=O)N5CCOCC5)c4)nc23)cc1. The first kappa shape index (κ1) is 19.9. The maximum Gasteiger partial charge on any atom is 0.254 e. The number of pyridine rings is 1. The Morgan fingerprint density at radius 1 is 0.969 bits per heavy atom. The molecule has 0 bridgehead atoms. The molecule has 0 spiro atoms. The van der Waals surface area contributed by atoms with Gasteiger partial charge in [0.2, 0.25) is 5.91 Å². The number of carbonyl (C=O) groups is 2. The molecule has 8 heteroatoms. The van der Waals surface area contributed by atoms with Gasteiger partial charge < -0.3 is 20.4 Å². The van der Waals surface area contributed by atoms with Crippen molar-refractivity contribution in [1.29, 1.82) is 0 Å². The number of hydrogen-bond donors (Lipinski definition) is 2. The third-order valence-corrected chi connectivity index (χ3v) is 5.55. The summed E-state index contributed by atoms with van der Waals surface area (Å²) in [4.78, 5) is 38.5. The maximum atomic E-state index is 12.9. The number of amides is 2. The maximum absolute atomic E-state index is 12.9. The van der Waals surface area contributed by atoms with Gasteiger partial charge in [-0.3, -0.25) is 9.59 Å². The van der Waals surface area contributed by atoms with Crippen molar-refractivity contribution >= 4 is 23.0 Å². The molecule has 2 aromatic heterocycles. The van der Waals surface area contributed by atoms with Gasteiger partial charge in [-0.2, -0.15) is 0 Å². The molecule has 0 saturated carbocycles. The van der Waals surface area contributed by atoms with E-state index in [4.69, 9.17) is 15.5 Å². The molecule has 2 aromatic carbocycles. The zero-order valence-electron chi connectivity index (χ0n) is 17.2. The van der Waals surface area contributed by atoms with Crippen molar-refractivity contribution < 1.29 is 14.3 Å².